The molecular weight excluding hydrogens is 501 g/mol. The van der Waals surface area contributed by atoms with Gasteiger partial charge < -0.3 is 14.7 Å². The average molecular weight is 529 g/mol. The number of benzene rings is 1. The number of halogens is 4. The van der Waals surface area contributed by atoms with E-state index in [2.05, 4.69) is 14.7 Å². The zero-order chi connectivity index (χ0) is 26.1. The maximum Gasteiger partial charge on any atom is 0.425 e. The molecule has 2 aromatic rings. The predicted molar refractivity (Wildman–Crippen MR) is 125 cm³/mol. The molecule has 2 aliphatic heterocycles. The number of nitrogens with zero attached hydrogens (tertiary/aromatic N) is 4. The lowest BCUT2D eigenvalue weighted by atomic mass is 9.85. The normalized spacial score (nSPS) is 19.0. The van der Waals surface area contributed by atoms with Gasteiger partial charge in [0.1, 0.15) is 6.54 Å². The fraction of sp³-hybridized carbons (Fsp3) is 0.542. The summed E-state index contributed by atoms with van der Waals surface area (Å²) in [4.78, 5) is 27.2. The number of carbonyl (C=O) groups excluding carboxylic acids is 1. The van der Waals surface area contributed by atoms with Crippen LogP contribution in [0.2, 0.25) is 5.02 Å². The van der Waals surface area contributed by atoms with E-state index in [4.69, 9.17) is 11.6 Å². The van der Waals surface area contributed by atoms with Gasteiger partial charge in [-0.2, -0.15) is 18.3 Å². The summed E-state index contributed by atoms with van der Waals surface area (Å²) in [6.45, 7) is 2.50. The lowest BCUT2D eigenvalue weighted by molar-refractivity contribution is -0.200. The summed E-state index contributed by atoms with van der Waals surface area (Å²) in [5.74, 6) is -1.00. The summed E-state index contributed by atoms with van der Waals surface area (Å²) in [5, 5.41) is 14.3. The van der Waals surface area contributed by atoms with Gasteiger partial charge in [-0.15, -0.1) is 0 Å². The van der Waals surface area contributed by atoms with Gasteiger partial charge in [0.05, 0.1) is 5.69 Å². The molecule has 2 aliphatic rings. The van der Waals surface area contributed by atoms with Crippen LogP contribution in [-0.4, -0.2) is 74.2 Å². The van der Waals surface area contributed by atoms with Crippen molar-refractivity contribution in [2.24, 2.45) is 0 Å². The zero-order valence-corrected chi connectivity index (χ0v) is 20.6. The number of alkyl halides is 3. The number of carbonyl (C=O) groups is 2. The predicted octanol–water partition coefficient (Wildman–Crippen LogP) is 4.81. The van der Waals surface area contributed by atoms with Gasteiger partial charge in [-0.05, 0) is 51.3 Å². The van der Waals surface area contributed by atoms with Crippen molar-refractivity contribution in [3.05, 3.63) is 41.0 Å². The van der Waals surface area contributed by atoms with E-state index >= 15 is 0 Å². The lowest BCUT2D eigenvalue weighted by Crippen LogP contribution is -2.53. The summed E-state index contributed by atoms with van der Waals surface area (Å²) < 4.78 is 44.3. The Kier molecular flexibility index (Phi) is 7.51. The number of carboxylic acids is 1. The van der Waals surface area contributed by atoms with Crippen molar-refractivity contribution in [1.29, 1.82) is 0 Å². The van der Waals surface area contributed by atoms with Gasteiger partial charge in [0.15, 0.2) is 6.10 Å². The summed E-state index contributed by atoms with van der Waals surface area (Å²) >= 11 is 6.18. The quantitative estimate of drug-likeness (QED) is 0.579. The summed E-state index contributed by atoms with van der Waals surface area (Å²) in [7, 11) is 0. The van der Waals surface area contributed by atoms with Crippen LogP contribution in [0.1, 0.15) is 38.2 Å². The first-order chi connectivity index (χ1) is 17.0. The molecule has 0 saturated carbocycles. The molecule has 1 unspecified atom stereocenters. The number of carboxylic acid groups (broad SMARTS) is 1. The number of aromatic nitrogens is 2. The van der Waals surface area contributed by atoms with Crippen molar-refractivity contribution >= 4 is 23.7 Å². The van der Waals surface area contributed by atoms with Gasteiger partial charge in [-0.1, -0.05) is 23.7 Å². The third kappa shape index (κ3) is 5.78. The van der Waals surface area contributed by atoms with E-state index in [-0.39, 0.29) is 12.1 Å². The highest BCUT2D eigenvalue weighted by molar-refractivity contribution is 6.30. The van der Waals surface area contributed by atoms with Gasteiger partial charge in [0.2, 0.25) is 0 Å². The first-order valence-electron chi connectivity index (χ1n) is 11.8. The number of aliphatic carboxylic acids is 1. The van der Waals surface area contributed by atoms with Crippen molar-refractivity contribution in [3.63, 3.8) is 0 Å². The van der Waals surface area contributed by atoms with E-state index < -0.39 is 24.3 Å². The number of likely N-dealkylation sites (tertiary alicyclic amines) is 2. The van der Waals surface area contributed by atoms with Crippen molar-refractivity contribution in [2.45, 2.75) is 63.5 Å². The van der Waals surface area contributed by atoms with E-state index in [0.717, 1.165) is 37.4 Å². The molecule has 1 aromatic carbocycles. The van der Waals surface area contributed by atoms with Crippen molar-refractivity contribution in [2.75, 3.05) is 19.6 Å². The first kappa shape index (κ1) is 26.3. The molecule has 0 bridgehead atoms. The van der Waals surface area contributed by atoms with Gasteiger partial charge in [-0.3, -0.25) is 14.4 Å². The van der Waals surface area contributed by atoms with E-state index in [1.165, 1.54) is 9.58 Å². The Morgan fingerprint density at radius 1 is 1.22 bits per heavy atom. The van der Waals surface area contributed by atoms with E-state index in [1.807, 2.05) is 12.1 Å². The molecule has 1 N–H and O–H groups in total. The summed E-state index contributed by atoms with van der Waals surface area (Å²) in [6.07, 6.45) is -2.89. The molecule has 0 radical (unpaired) electrons. The molecule has 4 rings (SSSR count). The number of hydrogen-bond donors (Lipinski definition) is 1. The number of hydrogen-bond acceptors (Lipinski definition) is 5. The maximum absolute atomic E-state index is 12.8. The topological polar surface area (TPSA) is 87.9 Å². The minimum atomic E-state index is -4.60. The van der Waals surface area contributed by atoms with Crippen molar-refractivity contribution in [1.82, 2.24) is 19.6 Å². The first-order valence-corrected chi connectivity index (χ1v) is 12.2. The molecule has 0 aliphatic carbocycles. The number of rotatable bonds is 6. The summed E-state index contributed by atoms with van der Waals surface area (Å²) in [6, 6.07) is 7.21. The number of ether oxygens (including phenoxy) is 1. The molecule has 2 fully saturated rings. The van der Waals surface area contributed by atoms with Gasteiger partial charge in [0, 0.05) is 47.5 Å². The fourth-order valence-electron chi connectivity index (χ4n) is 5.09. The molecule has 12 heteroatoms. The van der Waals surface area contributed by atoms with Crippen LogP contribution in [-0.2, 0) is 22.6 Å². The van der Waals surface area contributed by atoms with Crippen LogP contribution in [0.5, 0.6) is 0 Å². The lowest BCUT2D eigenvalue weighted by Gasteiger charge is -2.45. The fourth-order valence-corrected chi connectivity index (χ4v) is 5.28. The molecule has 1 amide bonds. The Labute approximate surface area is 211 Å². The van der Waals surface area contributed by atoms with E-state index in [1.54, 1.807) is 18.3 Å². The zero-order valence-electron chi connectivity index (χ0n) is 19.8. The van der Waals surface area contributed by atoms with Gasteiger partial charge in [-0.25, -0.2) is 4.79 Å². The largest absolute Gasteiger partial charge is 0.480 e. The Morgan fingerprint density at radius 2 is 1.94 bits per heavy atom. The second-order valence-electron chi connectivity index (χ2n) is 9.41. The Hall–Kier alpha value is -2.79. The van der Waals surface area contributed by atoms with Crippen LogP contribution >= 0.6 is 11.6 Å². The van der Waals surface area contributed by atoms with Crippen LogP contribution in [0, 0.1) is 0 Å². The second kappa shape index (κ2) is 10.3. The minimum absolute atomic E-state index is 0.201. The van der Waals surface area contributed by atoms with Crippen LogP contribution in [0.15, 0.2) is 30.5 Å². The van der Waals surface area contributed by atoms with Crippen LogP contribution in [0.4, 0.5) is 18.0 Å². The highest BCUT2D eigenvalue weighted by atomic mass is 35.5. The summed E-state index contributed by atoms with van der Waals surface area (Å²) in [5.41, 5.74) is 2.10. The molecule has 1 aromatic heterocycles. The second-order valence-corrected chi connectivity index (χ2v) is 9.85. The molecule has 8 nitrogen and oxygen atoms in total. The van der Waals surface area contributed by atoms with Crippen LogP contribution < -0.4 is 0 Å². The molecule has 196 valence electrons. The van der Waals surface area contributed by atoms with E-state index in [9.17, 15) is 27.9 Å². The Morgan fingerprint density at radius 3 is 2.58 bits per heavy atom. The SMILES string of the molecule is CC(OC(=O)N1CCC2(CCCN2Cc2cn(CC(=O)O)nc2-c2cccc(Cl)c2)CC1)C(F)(F)F. The maximum atomic E-state index is 12.8. The van der Waals surface area contributed by atoms with Crippen molar-refractivity contribution < 1.29 is 32.6 Å². The van der Waals surface area contributed by atoms with Crippen LogP contribution in [0.3, 0.4) is 0 Å². The smallest absolute Gasteiger partial charge is 0.425 e. The molecule has 1 spiro atoms. The highest BCUT2D eigenvalue weighted by Gasteiger charge is 2.45. The van der Waals surface area contributed by atoms with Gasteiger partial charge >= 0.3 is 18.2 Å². The monoisotopic (exact) mass is 528 g/mol. The average Bonchev–Trinajstić information content (AvgIpc) is 3.37. The molecule has 2 saturated heterocycles. The third-order valence-electron chi connectivity index (χ3n) is 7.03. The van der Waals surface area contributed by atoms with E-state index in [0.29, 0.717) is 43.2 Å². The number of amides is 1. The minimum Gasteiger partial charge on any atom is -0.480 e. The standard InChI is InChI=1S/C24H28ClF3N4O4/c1-16(24(26,27)28)36-22(35)30-10-7-23(8-11-30)6-3-9-31(23)13-18-14-32(15-20(33)34)29-21(18)17-4-2-5-19(25)12-17/h2,4-5,12,14,16H,3,6-11,13,15H2,1H3,(H,33,34). The Bertz CT molecular complexity index is 1120. The molecule has 1 atom stereocenters. The molecule has 3 heterocycles. The van der Waals surface area contributed by atoms with Crippen LogP contribution in [0.25, 0.3) is 11.3 Å². The van der Waals surface area contributed by atoms with Gasteiger partial charge in [0.25, 0.3) is 0 Å². The molecular formula is C24H28ClF3N4O4. The Balaban J connectivity index is 1.49. The third-order valence-corrected chi connectivity index (χ3v) is 7.26. The molecule has 36 heavy (non-hydrogen) atoms. The number of piperidine rings is 1. The van der Waals surface area contributed by atoms with Crippen molar-refractivity contribution in [3.8, 4) is 11.3 Å². The highest BCUT2D eigenvalue weighted by Crippen LogP contribution is 2.40.